The third-order valence-electron chi connectivity index (χ3n) is 4.78. The molecule has 2 aliphatic rings. The van der Waals surface area contributed by atoms with Gasteiger partial charge in [0.1, 0.15) is 0 Å². The first-order chi connectivity index (χ1) is 10.8. The van der Waals surface area contributed by atoms with Gasteiger partial charge in [-0.1, -0.05) is 17.7 Å². The monoisotopic (exact) mass is 339 g/mol. The van der Waals surface area contributed by atoms with Crippen LogP contribution in [0, 0.1) is 18.8 Å². The number of aliphatic hydroxyl groups excluding tert-OH is 1. The minimum atomic E-state index is -3.76. The summed E-state index contributed by atoms with van der Waals surface area (Å²) in [6.45, 7) is 5.50. The van der Waals surface area contributed by atoms with Gasteiger partial charge in [-0.25, -0.2) is 8.42 Å². The van der Waals surface area contributed by atoms with E-state index < -0.39 is 40.1 Å². The number of carbonyl (C=O) groups is 1. The van der Waals surface area contributed by atoms with E-state index in [-0.39, 0.29) is 17.4 Å². The molecule has 126 valence electrons. The molecule has 2 fully saturated rings. The van der Waals surface area contributed by atoms with Gasteiger partial charge in [-0.2, -0.15) is 4.31 Å². The van der Waals surface area contributed by atoms with Crippen LogP contribution in [0.25, 0.3) is 0 Å². The molecule has 0 radical (unpaired) electrons. The number of aryl methyl sites for hydroxylation is 1. The number of hydrogen-bond donors (Lipinski definition) is 1. The Kier molecular flexibility index (Phi) is 3.98. The van der Waals surface area contributed by atoms with Crippen molar-refractivity contribution < 1.29 is 23.1 Å². The molecule has 1 saturated carbocycles. The lowest BCUT2D eigenvalue weighted by Crippen LogP contribution is -2.43. The highest BCUT2D eigenvalue weighted by atomic mass is 32.2. The number of fused-ring (bicyclic) bond motifs is 1. The molecule has 0 unspecified atom stereocenters. The number of rotatable bonds is 4. The predicted octanol–water partition coefficient (Wildman–Crippen LogP) is 0.926. The van der Waals surface area contributed by atoms with E-state index in [0.29, 0.717) is 0 Å². The van der Waals surface area contributed by atoms with Crippen molar-refractivity contribution >= 4 is 16.0 Å². The van der Waals surface area contributed by atoms with Crippen molar-refractivity contribution in [2.45, 2.75) is 43.9 Å². The summed E-state index contributed by atoms with van der Waals surface area (Å²) in [5.74, 6) is -1.37. The summed E-state index contributed by atoms with van der Waals surface area (Å²) in [5.41, 5.74) is 0.965. The van der Waals surface area contributed by atoms with E-state index in [1.165, 1.54) is 4.31 Å². The van der Waals surface area contributed by atoms with Gasteiger partial charge in [0, 0.05) is 18.0 Å². The Balaban J connectivity index is 1.92. The Hall–Kier alpha value is -1.44. The maximum absolute atomic E-state index is 12.9. The van der Waals surface area contributed by atoms with Crippen molar-refractivity contribution in [2.75, 3.05) is 6.61 Å². The fraction of sp³-hybridized carbons (Fsp3) is 0.562. The number of nitrogens with zero attached hydrogens (tertiary/aromatic N) is 1. The van der Waals surface area contributed by atoms with E-state index in [1.807, 2.05) is 6.92 Å². The Morgan fingerprint density at radius 3 is 2.48 bits per heavy atom. The van der Waals surface area contributed by atoms with Crippen LogP contribution in [0.1, 0.15) is 19.4 Å². The molecule has 1 heterocycles. The minimum absolute atomic E-state index is 0.178. The molecule has 0 aromatic heterocycles. The highest BCUT2D eigenvalue weighted by Gasteiger charge is 2.71. The lowest BCUT2D eigenvalue weighted by Gasteiger charge is -2.27. The van der Waals surface area contributed by atoms with Crippen LogP contribution in [0.5, 0.6) is 0 Å². The molecule has 1 saturated heterocycles. The number of piperidine rings is 1. The zero-order valence-corrected chi connectivity index (χ0v) is 14.2. The average Bonchev–Trinajstić information content (AvgIpc) is 3.15. The van der Waals surface area contributed by atoms with Crippen LogP contribution in [0.2, 0.25) is 0 Å². The van der Waals surface area contributed by atoms with E-state index in [0.717, 1.165) is 5.56 Å². The molecule has 0 bridgehead atoms. The molecular weight excluding hydrogens is 318 g/mol. The highest BCUT2D eigenvalue weighted by molar-refractivity contribution is 7.89. The molecule has 3 rings (SSSR count). The van der Waals surface area contributed by atoms with Gasteiger partial charge in [-0.15, -0.1) is 0 Å². The van der Waals surface area contributed by atoms with Gasteiger partial charge in [-0.05, 0) is 32.9 Å². The summed E-state index contributed by atoms with van der Waals surface area (Å²) in [6, 6.07) is 5.51. The van der Waals surface area contributed by atoms with Crippen molar-refractivity contribution in [1.29, 1.82) is 0 Å². The standard InChI is InChI=1S/C16H21NO5S/c1-4-22-16(19)13-12-14(13)17(10(3)15(12)18)23(20,21)11-7-5-9(2)6-8-11/h5-8,10,12-15,18H,4H2,1-3H3/t10-,12-,13-,14-,15+/m0/s1. The molecule has 1 aliphatic heterocycles. The zero-order chi connectivity index (χ0) is 16.9. The third kappa shape index (κ3) is 2.47. The maximum atomic E-state index is 12.9. The Morgan fingerprint density at radius 2 is 1.91 bits per heavy atom. The van der Waals surface area contributed by atoms with Gasteiger partial charge in [0.25, 0.3) is 0 Å². The molecule has 1 aromatic carbocycles. The molecule has 7 heteroatoms. The second-order valence-corrected chi connectivity index (χ2v) is 8.07. The van der Waals surface area contributed by atoms with E-state index in [9.17, 15) is 18.3 Å². The summed E-state index contributed by atoms with van der Waals surface area (Å²) in [5, 5.41) is 10.3. The van der Waals surface area contributed by atoms with Crippen LogP contribution >= 0.6 is 0 Å². The molecular formula is C16H21NO5S. The van der Waals surface area contributed by atoms with Gasteiger partial charge in [-0.3, -0.25) is 4.79 Å². The fourth-order valence-electron chi connectivity index (χ4n) is 3.55. The predicted molar refractivity (Wildman–Crippen MR) is 83.1 cm³/mol. The van der Waals surface area contributed by atoms with Crippen LogP contribution in [-0.2, 0) is 19.6 Å². The first-order valence-corrected chi connectivity index (χ1v) is 9.19. The molecule has 1 aromatic rings. The van der Waals surface area contributed by atoms with Gasteiger partial charge < -0.3 is 9.84 Å². The van der Waals surface area contributed by atoms with Crippen molar-refractivity contribution in [2.24, 2.45) is 11.8 Å². The quantitative estimate of drug-likeness (QED) is 0.825. The van der Waals surface area contributed by atoms with Crippen LogP contribution in [-0.4, -0.2) is 48.6 Å². The van der Waals surface area contributed by atoms with Crippen LogP contribution in [0.3, 0.4) is 0 Å². The van der Waals surface area contributed by atoms with Crippen LogP contribution in [0.15, 0.2) is 29.2 Å². The number of carbonyl (C=O) groups excluding carboxylic acids is 1. The highest BCUT2D eigenvalue weighted by Crippen LogP contribution is 2.55. The topological polar surface area (TPSA) is 83.9 Å². The lowest BCUT2D eigenvalue weighted by atomic mass is 10.1. The van der Waals surface area contributed by atoms with Gasteiger partial charge >= 0.3 is 5.97 Å². The van der Waals surface area contributed by atoms with Gasteiger partial charge in [0.15, 0.2) is 0 Å². The lowest BCUT2D eigenvalue weighted by molar-refractivity contribution is -0.146. The summed E-state index contributed by atoms with van der Waals surface area (Å²) in [6.07, 6.45) is -0.852. The largest absolute Gasteiger partial charge is 0.466 e. The molecule has 5 atom stereocenters. The molecule has 1 aliphatic carbocycles. The Labute approximate surface area is 136 Å². The molecule has 0 spiro atoms. The minimum Gasteiger partial charge on any atom is -0.466 e. The maximum Gasteiger partial charge on any atom is 0.311 e. The summed E-state index contributed by atoms with van der Waals surface area (Å²) in [7, 11) is -3.76. The van der Waals surface area contributed by atoms with Crippen molar-refractivity contribution in [1.82, 2.24) is 4.31 Å². The van der Waals surface area contributed by atoms with Crippen molar-refractivity contribution in [3.63, 3.8) is 0 Å². The second-order valence-electron chi connectivity index (χ2n) is 6.22. The third-order valence-corrected chi connectivity index (χ3v) is 6.77. The first kappa shape index (κ1) is 16.4. The molecule has 23 heavy (non-hydrogen) atoms. The number of benzene rings is 1. The van der Waals surface area contributed by atoms with E-state index >= 15 is 0 Å². The van der Waals surface area contributed by atoms with Crippen molar-refractivity contribution in [3.05, 3.63) is 29.8 Å². The second kappa shape index (κ2) is 5.58. The number of hydrogen-bond acceptors (Lipinski definition) is 5. The molecule has 6 nitrogen and oxygen atoms in total. The molecule has 0 amide bonds. The SMILES string of the molecule is CCOC(=O)[C@H]1[C@@H]2[C@H](O)[C@H](C)N(S(=O)(=O)c3ccc(C)cc3)[C@H]12. The smallest absolute Gasteiger partial charge is 0.311 e. The zero-order valence-electron chi connectivity index (χ0n) is 13.3. The fourth-order valence-corrected chi connectivity index (χ4v) is 5.43. The number of esters is 1. The Bertz CT molecular complexity index is 714. The summed E-state index contributed by atoms with van der Waals surface area (Å²) < 4.78 is 32.1. The van der Waals surface area contributed by atoms with Crippen molar-refractivity contribution in [3.8, 4) is 0 Å². The van der Waals surface area contributed by atoms with E-state index in [1.54, 1.807) is 38.1 Å². The first-order valence-electron chi connectivity index (χ1n) is 7.75. The summed E-state index contributed by atoms with van der Waals surface area (Å²) in [4.78, 5) is 12.1. The van der Waals surface area contributed by atoms with Gasteiger partial charge in [0.05, 0.1) is 23.5 Å². The Morgan fingerprint density at radius 1 is 1.30 bits per heavy atom. The van der Waals surface area contributed by atoms with Gasteiger partial charge in [0.2, 0.25) is 10.0 Å². The average molecular weight is 339 g/mol. The van der Waals surface area contributed by atoms with Crippen LogP contribution in [0.4, 0.5) is 0 Å². The number of sulfonamides is 1. The van der Waals surface area contributed by atoms with Crippen LogP contribution < -0.4 is 0 Å². The summed E-state index contributed by atoms with van der Waals surface area (Å²) >= 11 is 0. The number of aliphatic hydroxyl groups is 1. The van der Waals surface area contributed by atoms with E-state index in [4.69, 9.17) is 4.74 Å². The number of ether oxygens (including phenoxy) is 1. The molecule has 1 N–H and O–H groups in total. The van der Waals surface area contributed by atoms with E-state index in [2.05, 4.69) is 0 Å². The normalized spacial score (nSPS) is 33.3.